The lowest BCUT2D eigenvalue weighted by Gasteiger charge is -2.25. The lowest BCUT2D eigenvalue weighted by atomic mass is 10.0. The number of Topliss-reactive ketones (excluding diaryl/α,β-unsaturated/α-hetero) is 1. The van der Waals surface area contributed by atoms with Crippen molar-refractivity contribution in [3.05, 3.63) is 48.0 Å². The molecule has 2 aromatic carbocycles. The Morgan fingerprint density at radius 2 is 1.75 bits per heavy atom. The smallest absolute Gasteiger partial charge is 0.177 e. The Kier molecular flexibility index (Phi) is 5.12. The molecule has 0 saturated carbocycles. The number of ketones is 1. The number of halogens is 1. The van der Waals surface area contributed by atoms with Crippen molar-refractivity contribution < 1.29 is 9.53 Å². The summed E-state index contributed by atoms with van der Waals surface area (Å²) >= 11 is 0. The number of carbonyl (C=O) groups excluding carboxylic acids is 1. The zero-order chi connectivity index (χ0) is 13.1. The monoisotopic (exact) mass is 291 g/mol. The Morgan fingerprint density at radius 1 is 1.05 bits per heavy atom. The van der Waals surface area contributed by atoms with Crippen molar-refractivity contribution in [1.82, 2.24) is 4.90 Å². The van der Waals surface area contributed by atoms with Gasteiger partial charge in [0.2, 0.25) is 0 Å². The molecule has 106 valence electrons. The molecule has 2 aromatic rings. The predicted molar refractivity (Wildman–Crippen MR) is 82.8 cm³/mol. The van der Waals surface area contributed by atoms with Gasteiger partial charge in [0.15, 0.2) is 5.78 Å². The molecule has 1 aliphatic rings. The summed E-state index contributed by atoms with van der Waals surface area (Å²) in [7, 11) is 0. The Morgan fingerprint density at radius 3 is 2.55 bits per heavy atom. The number of ether oxygens (including phenoxy) is 1. The van der Waals surface area contributed by atoms with Gasteiger partial charge in [0.25, 0.3) is 0 Å². The van der Waals surface area contributed by atoms with Gasteiger partial charge in [-0.25, -0.2) is 0 Å². The second-order valence-electron chi connectivity index (χ2n) is 4.84. The number of nitrogens with zero attached hydrogens (tertiary/aromatic N) is 1. The van der Waals surface area contributed by atoms with Crippen molar-refractivity contribution >= 4 is 29.0 Å². The highest BCUT2D eigenvalue weighted by molar-refractivity contribution is 6.09. The minimum atomic E-state index is 0. The summed E-state index contributed by atoms with van der Waals surface area (Å²) in [6.45, 7) is 3.62. The number of hydrogen-bond acceptors (Lipinski definition) is 3. The molecular formula is C16H18ClNO2. The normalized spacial score (nSPS) is 15.8. The Hall–Kier alpha value is -1.42. The maximum atomic E-state index is 12.4. The van der Waals surface area contributed by atoms with Crippen molar-refractivity contribution in [2.24, 2.45) is 0 Å². The van der Waals surface area contributed by atoms with Crippen molar-refractivity contribution in [2.45, 2.75) is 0 Å². The molecule has 0 aliphatic carbocycles. The second kappa shape index (κ2) is 6.84. The number of fused-ring (bicyclic) bond motifs is 1. The van der Waals surface area contributed by atoms with Gasteiger partial charge >= 0.3 is 0 Å². The van der Waals surface area contributed by atoms with Gasteiger partial charge in [-0.2, -0.15) is 0 Å². The zero-order valence-electron chi connectivity index (χ0n) is 11.2. The van der Waals surface area contributed by atoms with Crippen LogP contribution in [0.3, 0.4) is 0 Å². The van der Waals surface area contributed by atoms with E-state index in [1.807, 2.05) is 42.5 Å². The molecule has 3 rings (SSSR count). The van der Waals surface area contributed by atoms with Crippen LogP contribution in [0.25, 0.3) is 10.8 Å². The molecule has 4 heteroatoms. The van der Waals surface area contributed by atoms with Crippen LogP contribution >= 0.6 is 12.4 Å². The van der Waals surface area contributed by atoms with Crippen LogP contribution in [0.4, 0.5) is 0 Å². The molecule has 1 saturated heterocycles. The molecule has 0 bridgehead atoms. The average molecular weight is 292 g/mol. The predicted octanol–water partition coefficient (Wildman–Crippen LogP) is 2.78. The molecule has 1 aliphatic heterocycles. The lowest BCUT2D eigenvalue weighted by molar-refractivity contribution is 0.0371. The van der Waals surface area contributed by atoms with E-state index in [1.54, 1.807) is 0 Å². The molecule has 3 nitrogen and oxygen atoms in total. The number of morpholine rings is 1. The first-order chi connectivity index (χ1) is 9.34. The van der Waals surface area contributed by atoms with Gasteiger partial charge in [-0.05, 0) is 10.8 Å². The van der Waals surface area contributed by atoms with Gasteiger partial charge in [0, 0.05) is 18.7 Å². The molecule has 0 radical (unpaired) electrons. The minimum Gasteiger partial charge on any atom is -0.379 e. The quantitative estimate of drug-likeness (QED) is 0.815. The van der Waals surface area contributed by atoms with Crippen LogP contribution in [0.5, 0.6) is 0 Å². The van der Waals surface area contributed by atoms with Crippen LogP contribution in [0.1, 0.15) is 10.4 Å². The summed E-state index contributed by atoms with van der Waals surface area (Å²) in [5.74, 6) is 0.193. The fraction of sp³-hybridized carbons (Fsp3) is 0.312. The van der Waals surface area contributed by atoms with Gasteiger partial charge in [-0.1, -0.05) is 42.5 Å². The van der Waals surface area contributed by atoms with Crippen LogP contribution < -0.4 is 0 Å². The Labute approximate surface area is 124 Å². The van der Waals surface area contributed by atoms with Crippen molar-refractivity contribution in [2.75, 3.05) is 32.8 Å². The largest absolute Gasteiger partial charge is 0.379 e. The average Bonchev–Trinajstić information content (AvgIpc) is 2.47. The molecule has 0 aromatic heterocycles. The van der Waals surface area contributed by atoms with Gasteiger partial charge in [-0.15, -0.1) is 12.4 Å². The van der Waals surface area contributed by atoms with E-state index in [4.69, 9.17) is 4.74 Å². The molecule has 0 unspecified atom stereocenters. The Balaban J connectivity index is 0.00000147. The first kappa shape index (κ1) is 15.0. The highest BCUT2D eigenvalue weighted by atomic mass is 35.5. The van der Waals surface area contributed by atoms with E-state index < -0.39 is 0 Å². The molecule has 1 fully saturated rings. The van der Waals surface area contributed by atoms with Gasteiger partial charge < -0.3 is 4.74 Å². The van der Waals surface area contributed by atoms with E-state index in [1.165, 1.54) is 0 Å². The topological polar surface area (TPSA) is 29.5 Å². The highest BCUT2D eigenvalue weighted by Crippen LogP contribution is 2.19. The van der Waals surface area contributed by atoms with E-state index in [0.717, 1.165) is 42.6 Å². The maximum absolute atomic E-state index is 12.4. The van der Waals surface area contributed by atoms with Crippen LogP contribution in [-0.4, -0.2) is 43.5 Å². The molecule has 0 N–H and O–H groups in total. The first-order valence-electron chi connectivity index (χ1n) is 6.66. The zero-order valence-corrected chi connectivity index (χ0v) is 12.1. The van der Waals surface area contributed by atoms with E-state index in [9.17, 15) is 4.79 Å². The summed E-state index contributed by atoms with van der Waals surface area (Å²) in [4.78, 5) is 14.6. The van der Waals surface area contributed by atoms with Crippen molar-refractivity contribution in [3.8, 4) is 0 Å². The van der Waals surface area contributed by atoms with Gasteiger partial charge in [0.1, 0.15) is 0 Å². The summed E-state index contributed by atoms with van der Waals surface area (Å²) in [6.07, 6.45) is 0. The molecule has 20 heavy (non-hydrogen) atoms. The van der Waals surface area contributed by atoms with E-state index in [-0.39, 0.29) is 18.2 Å². The number of rotatable bonds is 3. The summed E-state index contributed by atoms with van der Waals surface area (Å²) < 4.78 is 5.30. The van der Waals surface area contributed by atoms with Crippen LogP contribution in [0.15, 0.2) is 42.5 Å². The van der Waals surface area contributed by atoms with Crippen LogP contribution in [0, 0.1) is 0 Å². The van der Waals surface area contributed by atoms with Gasteiger partial charge in [0.05, 0.1) is 19.8 Å². The first-order valence-corrected chi connectivity index (χ1v) is 6.66. The number of hydrogen-bond donors (Lipinski definition) is 0. The number of carbonyl (C=O) groups is 1. The molecular weight excluding hydrogens is 274 g/mol. The summed E-state index contributed by atoms with van der Waals surface area (Å²) in [5.41, 5.74) is 0.824. The summed E-state index contributed by atoms with van der Waals surface area (Å²) in [6, 6.07) is 14.0. The standard InChI is InChI=1S/C16H17NO2.ClH/c18-16(12-17-8-10-19-11-9-17)15-7-3-5-13-4-1-2-6-14(13)15;/h1-7H,8-12H2;1H. The second-order valence-corrected chi connectivity index (χ2v) is 4.84. The summed E-state index contributed by atoms with van der Waals surface area (Å²) in [5, 5.41) is 2.17. The lowest BCUT2D eigenvalue weighted by Crippen LogP contribution is -2.39. The molecule has 1 heterocycles. The molecule has 0 spiro atoms. The Bertz CT molecular complexity index is 589. The van der Waals surface area contributed by atoms with Crippen molar-refractivity contribution in [1.29, 1.82) is 0 Å². The van der Waals surface area contributed by atoms with E-state index in [2.05, 4.69) is 4.90 Å². The molecule has 0 atom stereocenters. The third-order valence-electron chi connectivity index (χ3n) is 3.56. The third kappa shape index (κ3) is 3.18. The highest BCUT2D eigenvalue weighted by Gasteiger charge is 2.16. The fourth-order valence-electron chi connectivity index (χ4n) is 2.52. The van der Waals surface area contributed by atoms with Crippen LogP contribution in [0.2, 0.25) is 0 Å². The SMILES string of the molecule is Cl.O=C(CN1CCOCC1)c1cccc2ccccc12. The minimum absolute atomic E-state index is 0. The number of benzene rings is 2. The molecule has 0 amide bonds. The van der Waals surface area contributed by atoms with Gasteiger partial charge in [-0.3, -0.25) is 9.69 Å². The van der Waals surface area contributed by atoms with Crippen LogP contribution in [-0.2, 0) is 4.74 Å². The fourth-order valence-corrected chi connectivity index (χ4v) is 2.52. The van der Waals surface area contributed by atoms with E-state index >= 15 is 0 Å². The maximum Gasteiger partial charge on any atom is 0.177 e. The van der Waals surface area contributed by atoms with Crippen molar-refractivity contribution in [3.63, 3.8) is 0 Å². The van der Waals surface area contributed by atoms with E-state index in [0.29, 0.717) is 6.54 Å². The third-order valence-corrected chi connectivity index (χ3v) is 3.56.